The summed E-state index contributed by atoms with van der Waals surface area (Å²) in [4.78, 5) is 55.5. The van der Waals surface area contributed by atoms with Gasteiger partial charge in [0.05, 0.1) is 10.8 Å². The number of carbonyl (C=O) groups excluding carboxylic acids is 4. The summed E-state index contributed by atoms with van der Waals surface area (Å²) >= 11 is 0. The fraction of sp³-hybridized carbons (Fsp3) is 0.727. The summed E-state index contributed by atoms with van der Waals surface area (Å²) < 4.78 is 0. The van der Waals surface area contributed by atoms with Crippen LogP contribution in [-0.4, -0.2) is 97.3 Å². The quantitative estimate of drug-likeness (QED) is 0.511. The van der Waals surface area contributed by atoms with Gasteiger partial charge in [0.15, 0.2) is 0 Å². The number of hydrogen-bond acceptors (Lipinski definition) is 6. The van der Waals surface area contributed by atoms with Crippen molar-refractivity contribution in [1.29, 1.82) is 0 Å². The summed E-state index contributed by atoms with van der Waals surface area (Å²) in [5, 5.41) is 23.8. The van der Waals surface area contributed by atoms with Gasteiger partial charge in [-0.3, -0.25) is 19.4 Å². The fourth-order valence-corrected chi connectivity index (χ4v) is 4.32. The standard InChI is InChI=1S/2C11H18N2O3.Ca/c2*1-5-7(3)11(6-2)8(14)12-10(16)13(4)9(11)15;/h2*7H,5-6H2,1-4H3,(H,12,14,16);/q;;+2/p-2. The fourth-order valence-electron chi connectivity index (χ4n) is 4.32. The molecular weight excluding hydrogens is 456 g/mol. The van der Waals surface area contributed by atoms with Crippen molar-refractivity contribution in [3.8, 4) is 0 Å². The third-order valence-corrected chi connectivity index (χ3v) is 7.13. The van der Waals surface area contributed by atoms with Gasteiger partial charge in [0.25, 0.3) is 0 Å². The molecule has 2 heterocycles. The Morgan fingerprint density at radius 1 is 0.727 bits per heavy atom. The molecule has 33 heavy (non-hydrogen) atoms. The Bertz CT molecular complexity index is 777. The molecule has 10 nitrogen and oxygen atoms in total. The number of aliphatic imine (C=N–C) groups is 2. The summed E-state index contributed by atoms with van der Waals surface area (Å²) in [6, 6.07) is -1.52. The van der Waals surface area contributed by atoms with Crippen LogP contribution < -0.4 is 10.2 Å². The van der Waals surface area contributed by atoms with Gasteiger partial charge >= 0.3 is 49.8 Å². The van der Waals surface area contributed by atoms with Gasteiger partial charge in [0.2, 0.25) is 11.8 Å². The van der Waals surface area contributed by atoms with Crippen LogP contribution in [0.25, 0.3) is 0 Å². The molecule has 0 aromatic heterocycles. The molecule has 0 aliphatic carbocycles. The summed E-state index contributed by atoms with van der Waals surface area (Å²) in [7, 11) is 2.74. The molecule has 0 aromatic carbocycles. The van der Waals surface area contributed by atoms with Crippen LogP contribution in [0.5, 0.6) is 0 Å². The van der Waals surface area contributed by atoms with Gasteiger partial charge in [0, 0.05) is 14.1 Å². The summed E-state index contributed by atoms with van der Waals surface area (Å²) in [6.07, 6.45) is 2.15. The molecule has 4 unspecified atom stereocenters. The minimum absolute atomic E-state index is 0. The van der Waals surface area contributed by atoms with Crippen LogP contribution in [0.4, 0.5) is 9.59 Å². The predicted octanol–water partition coefficient (Wildman–Crippen LogP) is 1.18. The van der Waals surface area contributed by atoms with E-state index in [4.69, 9.17) is 0 Å². The Morgan fingerprint density at radius 3 is 1.21 bits per heavy atom. The number of carbonyl (C=O) groups is 4. The Balaban J connectivity index is 0.000000602. The van der Waals surface area contributed by atoms with Crippen LogP contribution in [0.3, 0.4) is 0 Å². The van der Waals surface area contributed by atoms with Crippen LogP contribution in [-0.2, 0) is 9.59 Å². The van der Waals surface area contributed by atoms with E-state index in [1.807, 2.05) is 27.7 Å². The summed E-state index contributed by atoms with van der Waals surface area (Å²) in [5.41, 5.74) is -2.28. The molecule has 0 aromatic rings. The van der Waals surface area contributed by atoms with Crippen LogP contribution in [0, 0.1) is 22.7 Å². The van der Waals surface area contributed by atoms with E-state index in [1.165, 1.54) is 14.1 Å². The second-order valence-electron chi connectivity index (χ2n) is 8.40. The number of hydrogen-bond donors (Lipinski definition) is 0. The molecule has 0 N–H and O–H groups in total. The molecule has 0 radical (unpaired) electrons. The molecule has 2 aliphatic heterocycles. The Hall–Kier alpha value is -1.52. The second kappa shape index (κ2) is 12.3. The number of imide groups is 2. The van der Waals surface area contributed by atoms with Gasteiger partial charge < -0.3 is 10.2 Å². The van der Waals surface area contributed by atoms with Crippen molar-refractivity contribution < 1.29 is 29.4 Å². The maximum Gasteiger partial charge on any atom is 2.00 e. The average Bonchev–Trinajstić information content (AvgIpc) is 2.77. The molecule has 2 rings (SSSR count). The van der Waals surface area contributed by atoms with Gasteiger partial charge in [-0.15, -0.1) is 0 Å². The van der Waals surface area contributed by atoms with E-state index in [-0.39, 0.29) is 49.6 Å². The largest absolute Gasteiger partial charge is 2.00 e. The molecule has 6 amide bonds. The molecule has 4 atom stereocenters. The van der Waals surface area contributed by atoms with Crippen molar-refractivity contribution in [3.63, 3.8) is 0 Å². The minimum Gasteiger partial charge on any atom is -0.861 e. The van der Waals surface area contributed by atoms with E-state index in [9.17, 15) is 29.4 Å². The summed E-state index contributed by atoms with van der Waals surface area (Å²) in [6.45, 7) is 11.1. The van der Waals surface area contributed by atoms with Gasteiger partial charge in [-0.05, 0) is 36.5 Å². The van der Waals surface area contributed by atoms with Crippen molar-refractivity contribution >= 4 is 73.4 Å². The Morgan fingerprint density at radius 2 is 1.00 bits per heavy atom. The topological polar surface area (TPSA) is 146 Å². The molecule has 0 fully saturated rings. The molecule has 0 spiro atoms. The van der Waals surface area contributed by atoms with Crippen LogP contribution in [0.15, 0.2) is 9.98 Å². The van der Waals surface area contributed by atoms with Crippen LogP contribution in [0.1, 0.15) is 67.2 Å². The third-order valence-electron chi connectivity index (χ3n) is 7.13. The molecule has 0 saturated carbocycles. The first-order valence-electron chi connectivity index (χ1n) is 11.0. The number of nitrogens with zero attached hydrogens (tertiary/aromatic N) is 4. The van der Waals surface area contributed by atoms with E-state index in [0.29, 0.717) is 25.7 Å². The molecule has 0 saturated heterocycles. The first kappa shape index (κ1) is 31.5. The van der Waals surface area contributed by atoms with Gasteiger partial charge in [-0.1, -0.05) is 54.4 Å². The average molecular weight is 491 g/mol. The van der Waals surface area contributed by atoms with E-state index in [0.717, 1.165) is 9.80 Å². The van der Waals surface area contributed by atoms with Crippen molar-refractivity contribution in [3.05, 3.63) is 0 Å². The zero-order valence-corrected chi connectivity index (χ0v) is 23.1. The van der Waals surface area contributed by atoms with E-state index < -0.39 is 46.5 Å². The maximum absolute atomic E-state index is 12.1. The second-order valence-corrected chi connectivity index (χ2v) is 8.40. The third kappa shape index (κ3) is 5.27. The zero-order valence-electron chi connectivity index (χ0n) is 20.9. The van der Waals surface area contributed by atoms with Gasteiger partial charge in [0.1, 0.15) is 0 Å². The monoisotopic (exact) mass is 490 g/mol. The Kier molecular flexibility index (Phi) is 11.7. The van der Waals surface area contributed by atoms with E-state index in [1.54, 1.807) is 13.8 Å². The van der Waals surface area contributed by atoms with Crippen molar-refractivity contribution in [2.45, 2.75) is 67.2 Å². The minimum atomic E-state index is -1.14. The van der Waals surface area contributed by atoms with Crippen molar-refractivity contribution in [1.82, 2.24) is 9.80 Å². The predicted molar refractivity (Wildman–Crippen MR) is 121 cm³/mol. The smallest absolute Gasteiger partial charge is 0.861 e. The zero-order chi connectivity index (χ0) is 25.0. The van der Waals surface area contributed by atoms with Gasteiger partial charge in [-0.2, -0.15) is 0 Å². The first-order chi connectivity index (χ1) is 14.8. The Labute approximate surface area is 225 Å². The maximum atomic E-state index is 12.1. The molecule has 2 aliphatic rings. The summed E-state index contributed by atoms with van der Waals surface area (Å²) in [5.74, 6) is -2.24. The van der Waals surface area contributed by atoms with Crippen LogP contribution >= 0.6 is 0 Å². The van der Waals surface area contributed by atoms with E-state index >= 15 is 0 Å². The number of rotatable bonds is 6. The van der Waals surface area contributed by atoms with Crippen LogP contribution in [0.2, 0.25) is 0 Å². The van der Waals surface area contributed by atoms with Crippen molar-refractivity contribution in [2.75, 3.05) is 14.1 Å². The van der Waals surface area contributed by atoms with Crippen molar-refractivity contribution in [2.24, 2.45) is 32.7 Å². The van der Waals surface area contributed by atoms with Gasteiger partial charge in [-0.25, -0.2) is 19.6 Å². The molecular formula is C22H34CaN4O6. The number of urea groups is 2. The number of amides is 6. The van der Waals surface area contributed by atoms with E-state index in [2.05, 4.69) is 9.98 Å². The normalized spacial score (nSPS) is 27.2. The molecule has 11 heteroatoms. The molecule has 0 bridgehead atoms. The SMILES string of the molecule is CCC(C)C1(CC)C(=O)N(C)C(=O)N=C1[O-].CCC(C)C1(CC)C(=O)N(C)C(=O)N=C1[O-].[Ca+2]. The molecule has 180 valence electrons. The first-order valence-corrected chi connectivity index (χ1v) is 11.0.